The van der Waals surface area contributed by atoms with Gasteiger partial charge in [0.2, 0.25) is 0 Å². The SMILES string of the molecule is CCC(C)(C)C(=O)OCCS(=O)(=O)OC1C2CC3CC(C2)CC1C3. The van der Waals surface area contributed by atoms with Crippen LogP contribution in [0.2, 0.25) is 0 Å². The summed E-state index contributed by atoms with van der Waals surface area (Å²) in [5, 5.41) is 0. The van der Waals surface area contributed by atoms with Gasteiger partial charge < -0.3 is 4.74 Å². The fourth-order valence-electron chi connectivity index (χ4n) is 4.83. The molecule has 0 spiro atoms. The number of hydrogen-bond donors (Lipinski definition) is 0. The Morgan fingerprint density at radius 2 is 1.58 bits per heavy atom. The van der Waals surface area contributed by atoms with Gasteiger partial charge in [0.25, 0.3) is 10.1 Å². The maximum atomic E-state index is 12.3. The van der Waals surface area contributed by atoms with Crippen molar-refractivity contribution in [2.45, 2.75) is 65.4 Å². The maximum absolute atomic E-state index is 12.3. The Bertz CT molecular complexity index is 552. The van der Waals surface area contributed by atoms with E-state index in [1.54, 1.807) is 13.8 Å². The van der Waals surface area contributed by atoms with Crippen LogP contribution in [-0.2, 0) is 23.8 Å². The van der Waals surface area contributed by atoms with Crippen molar-refractivity contribution in [1.82, 2.24) is 0 Å². The van der Waals surface area contributed by atoms with Gasteiger partial charge in [-0.3, -0.25) is 8.98 Å². The molecule has 5 nitrogen and oxygen atoms in total. The highest BCUT2D eigenvalue weighted by molar-refractivity contribution is 7.86. The fraction of sp³-hybridized carbons (Fsp3) is 0.944. The molecule has 24 heavy (non-hydrogen) atoms. The third kappa shape index (κ3) is 3.79. The predicted molar refractivity (Wildman–Crippen MR) is 90.7 cm³/mol. The molecule has 138 valence electrons. The van der Waals surface area contributed by atoms with Gasteiger partial charge in [0.05, 0.1) is 11.5 Å². The van der Waals surface area contributed by atoms with Gasteiger partial charge in [0.1, 0.15) is 12.4 Å². The maximum Gasteiger partial charge on any atom is 0.311 e. The molecule has 0 aromatic heterocycles. The van der Waals surface area contributed by atoms with Crippen LogP contribution in [-0.4, -0.2) is 32.9 Å². The van der Waals surface area contributed by atoms with E-state index in [2.05, 4.69) is 0 Å². The van der Waals surface area contributed by atoms with Crippen LogP contribution in [0.25, 0.3) is 0 Å². The Morgan fingerprint density at radius 3 is 2.08 bits per heavy atom. The molecule has 0 atom stereocenters. The Hall–Kier alpha value is -0.620. The van der Waals surface area contributed by atoms with Crippen molar-refractivity contribution in [2.75, 3.05) is 12.4 Å². The third-order valence-electron chi connectivity index (χ3n) is 6.40. The molecular formula is C18H30O5S. The molecule has 0 heterocycles. The molecule has 0 aliphatic heterocycles. The number of carbonyl (C=O) groups is 1. The Kier molecular flexibility index (Phi) is 5.00. The number of carbonyl (C=O) groups excluding carboxylic acids is 1. The molecule has 4 fully saturated rings. The molecule has 4 saturated carbocycles. The van der Waals surface area contributed by atoms with Gasteiger partial charge in [-0.2, -0.15) is 8.42 Å². The molecule has 0 N–H and O–H groups in total. The zero-order chi connectivity index (χ0) is 17.5. The highest BCUT2D eigenvalue weighted by Gasteiger charge is 2.50. The van der Waals surface area contributed by atoms with E-state index < -0.39 is 15.5 Å². The van der Waals surface area contributed by atoms with Gasteiger partial charge in [0, 0.05) is 0 Å². The van der Waals surface area contributed by atoms with Gasteiger partial charge in [-0.15, -0.1) is 0 Å². The largest absolute Gasteiger partial charge is 0.464 e. The second kappa shape index (κ2) is 6.60. The topological polar surface area (TPSA) is 69.7 Å². The van der Waals surface area contributed by atoms with E-state index in [1.165, 1.54) is 6.42 Å². The summed E-state index contributed by atoms with van der Waals surface area (Å²) >= 11 is 0. The molecule has 4 aliphatic rings. The molecule has 0 radical (unpaired) electrons. The third-order valence-corrected chi connectivity index (χ3v) is 7.58. The van der Waals surface area contributed by atoms with E-state index in [4.69, 9.17) is 8.92 Å². The van der Waals surface area contributed by atoms with Gasteiger partial charge in [0.15, 0.2) is 0 Å². The minimum atomic E-state index is -3.65. The summed E-state index contributed by atoms with van der Waals surface area (Å²) in [5.41, 5.74) is -0.577. The first-order chi connectivity index (χ1) is 11.2. The van der Waals surface area contributed by atoms with Crippen LogP contribution in [0.5, 0.6) is 0 Å². The van der Waals surface area contributed by atoms with Crippen molar-refractivity contribution in [3.63, 3.8) is 0 Å². The minimum absolute atomic E-state index is 0.127. The van der Waals surface area contributed by atoms with Crippen LogP contribution in [0.1, 0.15) is 59.3 Å². The van der Waals surface area contributed by atoms with Gasteiger partial charge in [-0.25, -0.2) is 0 Å². The van der Waals surface area contributed by atoms with E-state index in [1.807, 2.05) is 6.92 Å². The van der Waals surface area contributed by atoms with E-state index in [9.17, 15) is 13.2 Å². The standard InChI is InChI=1S/C18H30O5S/c1-4-18(2,3)17(19)22-5-6-24(20,21)23-16-14-8-12-7-13(10-14)11-15(16)9-12/h12-16H,4-11H2,1-3H3. The van der Waals surface area contributed by atoms with Crippen LogP contribution < -0.4 is 0 Å². The predicted octanol–water partition coefficient (Wildman–Crippen LogP) is 3.14. The number of hydrogen-bond acceptors (Lipinski definition) is 5. The van der Waals surface area contributed by atoms with E-state index in [-0.39, 0.29) is 24.4 Å². The van der Waals surface area contributed by atoms with Gasteiger partial charge in [-0.05, 0) is 76.0 Å². The Balaban J connectivity index is 1.51. The molecule has 4 bridgehead atoms. The van der Waals surface area contributed by atoms with Crippen molar-refractivity contribution >= 4 is 16.1 Å². The molecular weight excluding hydrogens is 328 g/mol. The lowest BCUT2D eigenvalue weighted by molar-refractivity contribution is -0.153. The van der Waals surface area contributed by atoms with Crippen LogP contribution in [0.15, 0.2) is 0 Å². The van der Waals surface area contributed by atoms with Gasteiger partial charge >= 0.3 is 5.97 Å². The molecule has 0 unspecified atom stereocenters. The molecule has 6 heteroatoms. The lowest BCUT2D eigenvalue weighted by atomic mass is 9.55. The van der Waals surface area contributed by atoms with Crippen LogP contribution >= 0.6 is 0 Å². The van der Waals surface area contributed by atoms with Crippen LogP contribution in [0, 0.1) is 29.1 Å². The first-order valence-corrected chi connectivity index (χ1v) is 10.9. The zero-order valence-electron chi connectivity index (χ0n) is 15.0. The van der Waals surface area contributed by atoms with Crippen molar-refractivity contribution in [3.05, 3.63) is 0 Å². The first-order valence-electron chi connectivity index (χ1n) is 9.28. The van der Waals surface area contributed by atoms with Crippen LogP contribution in [0.3, 0.4) is 0 Å². The summed E-state index contributed by atoms with van der Waals surface area (Å²) < 4.78 is 35.4. The lowest BCUT2D eigenvalue weighted by Crippen LogP contribution is -2.50. The second-order valence-electron chi connectivity index (χ2n) is 8.63. The highest BCUT2D eigenvalue weighted by Crippen LogP contribution is 2.54. The van der Waals surface area contributed by atoms with E-state index >= 15 is 0 Å². The summed E-state index contributed by atoms with van der Waals surface area (Å²) in [6.07, 6.45) is 6.31. The summed E-state index contributed by atoms with van der Waals surface area (Å²) in [4.78, 5) is 11.9. The second-order valence-corrected chi connectivity index (χ2v) is 10.3. The molecule has 0 aromatic rings. The summed E-state index contributed by atoms with van der Waals surface area (Å²) in [6.45, 7) is 5.38. The number of ether oxygens (including phenoxy) is 1. The minimum Gasteiger partial charge on any atom is -0.464 e. The highest BCUT2D eigenvalue weighted by atomic mass is 32.2. The molecule has 4 aliphatic carbocycles. The zero-order valence-corrected chi connectivity index (χ0v) is 15.8. The smallest absolute Gasteiger partial charge is 0.311 e. The molecule has 0 amide bonds. The fourth-order valence-corrected chi connectivity index (χ4v) is 5.86. The first kappa shape index (κ1) is 18.2. The molecule has 0 aromatic carbocycles. The number of rotatable bonds is 7. The van der Waals surface area contributed by atoms with Gasteiger partial charge in [-0.1, -0.05) is 6.92 Å². The van der Waals surface area contributed by atoms with E-state index in [0.29, 0.717) is 18.3 Å². The monoisotopic (exact) mass is 358 g/mol. The average molecular weight is 359 g/mol. The van der Waals surface area contributed by atoms with Crippen molar-refractivity contribution in [2.24, 2.45) is 29.1 Å². The Morgan fingerprint density at radius 1 is 1.04 bits per heavy atom. The van der Waals surface area contributed by atoms with Crippen LogP contribution in [0.4, 0.5) is 0 Å². The van der Waals surface area contributed by atoms with Crippen molar-refractivity contribution in [1.29, 1.82) is 0 Å². The Labute approximate surface area is 145 Å². The quantitative estimate of drug-likeness (QED) is 0.516. The van der Waals surface area contributed by atoms with Crippen molar-refractivity contribution in [3.8, 4) is 0 Å². The summed E-state index contributed by atoms with van der Waals surface area (Å²) in [5.74, 6) is 1.77. The van der Waals surface area contributed by atoms with Crippen molar-refractivity contribution < 1.29 is 22.1 Å². The molecule has 0 saturated heterocycles. The summed E-state index contributed by atoms with van der Waals surface area (Å²) in [6, 6.07) is 0. The molecule has 4 rings (SSSR count). The normalized spacial score (nSPS) is 35.2. The summed E-state index contributed by atoms with van der Waals surface area (Å²) in [7, 11) is -3.65. The average Bonchev–Trinajstić information content (AvgIpc) is 2.50. The number of esters is 1. The lowest BCUT2D eigenvalue weighted by Gasteiger charge is -2.53. The van der Waals surface area contributed by atoms with E-state index in [0.717, 1.165) is 37.5 Å².